The monoisotopic (exact) mass is 399 g/mol. The van der Waals surface area contributed by atoms with E-state index in [2.05, 4.69) is 5.16 Å². The number of rotatable bonds is 6. The second-order valence-corrected chi connectivity index (χ2v) is 6.60. The molecule has 1 aliphatic carbocycles. The molecule has 0 N–H and O–H groups in total. The lowest BCUT2D eigenvalue weighted by atomic mass is 9.87. The molecule has 2 aromatic rings. The standard InChI is InChI=1S/C22H25NO6/c1-13-15-7-6-8-17(16(15)9-10-18(13)25-2)23-29-22(24)14-11-19(26-3)21(28-5)20(12-14)27-4/h9-12H,6-8H2,1-5H3/b23-17+. The van der Waals surface area contributed by atoms with Crippen molar-refractivity contribution in [2.75, 3.05) is 28.4 Å². The molecule has 0 heterocycles. The van der Waals surface area contributed by atoms with E-state index in [1.54, 1.807) is 7.11 Å². The molecule has 0 aliphatic heterocycles. The van der Waals surface area contributed by atoms with Crippen molar-refractivity contribution in [3.05, 3.63) is 46.5 Å². The summed E-state index contributed by atoms with van der Waals surface area (Å²) in [5.41, 5.74) is 4.27. The molecular formula is C22H25NO6. The summed E-state index contributed by atoms with van der Waals surface area (Å²) < 4.78 is 21.3. The molecule has 0 aromatic heterocycles. The van der Waals surface area contributed by atoms with Gasteiger partial charge in [-0.25, -0.2) is 4.79 Å². The highest BCUT2D eigenvalue weighted by atomic mass is 16.7. The van der Waals surface area contributed by atoms with E-state index in [1.165, 1.54) is 39.0 Å². The van der Waals surface area contributed by atoms with Gasteiger partial charge >= 0.3 is 5.97 Å². The van der Waals surface area contributed by atoms with Gasteiger partial charge in [-0.15, -0.1) is 0 Å². The van der Waals surface area contributed by atoms with Gasteiger partial charge in [0.15, 0.2) is 11.5 Å². The van der Waals surface area contributed by atoms with Crippen LogP contribution in [0, 0.1) is 6.92 Å². The quantitative estimate of drug-likeness (QED) is 0.541. The number of hydrogen-bond donors (Lipinski definition) is 0. The first-order valence-corrected chi connectivity index (χ1v) is 9.29. The number of carbonyl (C=O) groups is 1. The van der Waals surface area contributed by atoms with Crippen molar-refractivity contribution in [2.45, 2.75) is 26.2 Å². The smallest absolute Gasteiger partial charge is 0.366 e. The zero-order valence-electron chi connectivity index (χ0n) is 17.3. The maximum atomic E-state index is 12.6. The molecule has 7 heteroatoms. The molecule has 2 aromatic carbocycles. The topological polar surface area (TPSA) is 75.6 Å². The van der Waals surface area contributed by atoms with Crippen LogP contribution in [0.15, 0.2) is 29.4 Å². The average molecular weight is 399 g/mol. The van der Waals surface area contributed by atoms with Crippen LogP contribution in [0.3, 0.4) is 0 Å². The van der Waals surface area contributed by atoms with Gasteiger partial charge in [0.1, 0.15) is 5.75 Å². The fourth-order valence-corrected chi connectivity index (χ4v) is 3.56. The first-order valence-electron chi connectivity index (χ1n) is 9.29. The van der Waals surface area contributed by atoms with Crippen molar-refractivity contribution in [3.8, 4) is 23.0 Å². The summed E-state index contributed by atoms with van der Waals surface area (Å²) in [6.07, 6.45) is 2.61. The van der Waals surface area contributed by atoms with Gasteiger partial charge in [-0.2, -0.15) is 0 Å². The second-order valence-electron chi connectivity index (χ2n) is 6.60. The summed E-state index contributed by atoms with van der Waals surface area (Å²) in [6.45, 7) is 2.03. The molecule has 7 nitrogen and oxygen atoms in total. The average Bonchev–Trinajstić information content (AvgIpc) is 2.76. The molecule has 0 fully saturated rings. The summed E-state index contributed by atoms with van der Waals surface area (Å²) >= 11 is 0. The van der Waals surface area contributed by atoms with E-state index in [0.29, 0.717) is 17.2 Å². The predicted molar refractivity (Wildman–Crippen MR) is 109 cm³/mol. The molecule has 1 aliphatic rings. The van der Waals surface area contributed by atoms with Crippen LogP contribution in [-0.2, 0) is 11.3 Å². The van der Waals surface area contributed by atoms with Crippen molar-refractivity contribution in [1.82, 2.24) is 0 Å². The molecule has 3 rings (SSSR count). The van der Waals surface area contributed by atoms with Gasteiger partial charge in [0, 0.05) is 5.56 Å². The van der Waals surface area contributed by atoms with Crippen molar-refractivity contribution < 1.29 is 28.6 Å². The van der Waals surface area contributed by atoms with Crippen LogP contribution in [0.4, 0.5) is 0 Å². The fraction of sp³-hybridized carbons (Fsp3) is 0.364. The number of ether oxygens (including phenoxy) is 4. The largest absolute Gasteiger partial charge is 0.496 e. The normalized spacial score (nSPS) is 14.2. The van der Waals surface area contributed by atoms with E-state index in [1.807, 2.05) is 19.1 Å². The lowest BCUT2D eigenvalue weighted by molar-refractivity contribution is 0.0514. The Balaban J connectivity index is 1.88. The van der Waals surface area contributed by atoms with Gasteiger partial charge in [-0.1, -0.05) is 5.16 Å². The first-order chi connectivity index (χ1) is 14.0. The van der Waals surface area contributed by atoms with E-state index in [4.69, 9.17) is 23.8 Å². The zero-order chi connectivity index (χ0) is 21.0. The molecule has 0 spiro atoms. The highest BCUT2D eigenvalue weighted by molar-refractivity contribution is 6.03. The van der Waals surface area contributed by atoms with Crippen LogP contribution in [0.2, 0.25) is 0 Å². The van der Waals surface area contributed by atoms with Gasteiger partial charge < -0.3 is 23.8 Å². The van der Waals surface area contributed by atoms with Crippen molar-refractivity contribution >= 4 is 11.7 Å². The molecule has 0 unspecified atom stereocenters. The van der Waals surface area contributed by atoms with Crippen LogP contribution < -0.4 is 18.9 Å². The predicted octanol–water partition coefficient (Wildman–Crippen LogP) is 3.93. The Bertz CT molecular complexity index is 926. The Morgan fingerprint density at radius 3 is 2.14 bits per heavy atom. The SMILES string of the molecule is COc1ccc2c(c1C)CCC/C2=N\OC(=O)c1cc(OC)c(OC)c(OC)c1. The number of nitrogens with zero attached hydrogens (tertiary/aromatic N) is 1. The molecule has 29 heavy (non-hydrogen) atoms. The minimum Gasteiger partial charge on any atom is -0.496 e. The number of fused-ring (bicyclic) bond motifs is 1. The summed E-state index contributed by atoms with van der Waals surface area (Å²) in [5, 5.41) is 4.16. The van der Waals surface area contributed by atoms with E-state index in [0.717, 1.165) is 41.9 Å². The molecular weight excluding hydrogens is 374 g/mol. The van der Waals surface area contributed by atoms with Gasteiger partial charge in [0.05, 0.1) is 39.7 Å². The second kappa shape index (κ2) is 8.86. The Hall–Kier alpha value is -3.22. The van der Waals surface area contributed by atoms with Crippen LogP contribution in [-0.4, -0.2) is 40.1 Å². The fourth-order valence-electron chi connectivity index (χ4n) is 3.56. The third-order valence-electron chi connectivity index (χ3n) is 5.06. The zero-order valence-corrected chi connectivity index (χ0v) is 17.3. The third kappa shape index (κ3) is 3.99. The molecule has 0 saturated carbocycles. The number of methoxy groups -OCH3 is 4. The number of benzene rings is 2. The van der Waals surface area contributed by atoms with E-state index >= 15 is 0 Å². The first kappa shape index (κ1) is 20.5. The van der Waals surface area contributed by atoms with Gasteiger partial charge in [-0.05, 0) is 61.6 Å². The lowest BCUT2D eigenvalue weighted by Gasteiger charge is -2.21. The van der Waals surface area contributed by atoms with E-state index < -0.39 is 5.97 Å². The Morgan fingerprint density at radius 1 is 0.897 bits per heavy atom. The van der Waals surface area contributed by atoms with Crippen LogP contribution in [0.5, 0.6) is 23.0 Å². The highest BCUT2D eigenvalue weighted by Gasteiger charge is 2.22. The van der Waals surface area contributed by atoms with Crippen LogP contribution in [0.25, 0.3) is 0 Å². The van der Waals surface area contributed by atoms with Crippen LogP contribution in [0.1, 0.15) is 39.9 Å². The maximum absolute atomic E-state index is 12.6. The Kier molecular flexibility index (Phi) is 6.26. The molecule has 154 valence electrons. The van der Waals surface area contributed by atoms with E-state index in [-0.39, 0.29) is 5.56 Å². The summed E-state index contributed by atoms with van der Waals surface area (Å²) in [7, 11) is 6.14. The molecule has 0 radical (unpaired) electrons. The number of carbonyl (C=O) groups excluding carboxylic acids is 1. The molecule has 0 saturated heterocycles. The minimum atomic E-state index is -0.603. The Morgan fingerprint density at radius 2 is 1.55 bits per heavy atom. The Labute approximate surface area is 170 Å². The van der Waals surface area contributed by atoms with Gasteiger partial charge in [-0.3, -0.25) is 0 Å². The summed E-state index contributed by atoms with van der Waals surface area (Å²) in [4.78, 5) is 17.9. The van der Waals surface area contributed by atoms with E-state index in [9.17, 15) is 4.79 Å². The maximum Gasteiger partial charge on any atom is 0.366 e. The lowest BCUT2D eigenvalue weighted by Crippen LogP contribution is -2.15. The minimum absolute atomic E-state index is 0.255. The third-order valence-corrected chi connectivity index (χ3v) is 5.06. The van der Waals surface area contributed by atoms with Crippen molar-refractivity contribution in [2.24, 2.45) is 5.16 Å². The molecule has 0 amide bonds. The molecule has 0 atom stereocenters. The number of oxime groups is 1. The molecule has 0 bridgehead atoms. The van der Waals surface area contributed by atoms with Crippen LogP contribution >= 0.6 is 0 Å². The van der Waals surface area contributed by atoms with Crippen molar-refractivity contribution in [3.63, 3.8) is 0 Å². The van der Waals surface area contributed by atoms with Gasteiger partial charge in [0.2, 0.25) is 5.75 Å². The van der Waals surface area contributed by atoms with Crippen molar-refractivity contribution in [1.29, 1.82) is 0 Å². The van der Waals surface area contributed by atoms with Gasteiger partial charge in [0.25, 0.3) is 0 Å². The number of hydrogen-bond acceptors (Lipinski definition) is 7. The summed E-state index contributed by atoms with van der Waals surface area (Å²) in [6, 6.07) is 6.95. The highest BCUT2D eigenvalue weighted by Crippen LogP contribution is 2.38. The summed E-state index contributed by atoms with van der Waals surface area (Å²) in [5.74, 6) is 1.39.